The Morgan fingerprint density at radius 2 is 2.06 bits per heavy atom. The third-order valence-electron chi connectivity index (χ3n) is 3.93. The maximum Gasteiger partial charge on any atom is 0.136 e. The molecule has 0 bridgehead atoms. The third kappa shape index (κ3) is 3.59. The van der Waals surface area contributed by atoms with Crippen molar-refractivity contribution in [2.75, 3.05) is 6.61 Å². The van der Waals surface area contributed by atoms with Crippen LogP contribution >= 0.6 is 0 Å². The smallest absolute Gasteiger partial charge is 0.136 e. The van der Waals surface area contributed by atoms with Crippen LogP contribution in [0.4, 0.5) is 0 Å². The van der Waals surface area contributed by atoms with Gasteiger partial charge in [0, 0.05) is 12.3 Å². The van der Waals surface area contributed by atoms with Crippen LogP contribution in [0, 0.1) is 11.8 Å². The molecule has 1 aliphatic rings. The lowest BCUT2D eigenvalue weighted by molar-refractivity contribution is -0.126. The Morgan fingerprint density at radius 1 is 1.28 bits per heavy atom. The molecule has 0 aliphatic heterocycles. The normalized spacial score (nSPS) is 23.9. The van der Waals surface area contributed by atoms with Crippen molar-refractivity contribution in [2.24, 2.45) is 11.8 Å². The van der Waals surface area contributed by atoms with Crippen molar-refractivity contribution in [1.29, 1.82) is 0 Å². The van der Waals surface area contributed by atoms with Crippen LogP contribution in [0.25, 0.3) is 0 Å². The zero-order valence-corrected chi connectivity index (χ0v) is 11.1. The monoisotopic (exact) mass is 246 g/mol. The van der Waals surface area contributed by atoms with Crippen molar-refractivity contribution in [3.63, 3.8) is 0 Å². The van der Waals surface area contributed by atoms with E-state index in [2.05, 4.69) is 6.92 Å². The van der Waals surface area contributed by atoms with E-state index in [1.165, 1.54) is 6.42 Å². The van der Waals surface area contributed by atoms with Gasteiger partial charge in [-0.1, -0.05) is 31.5 Å². The van der Waals surface area contributed by atoms with Gasteiger partial charge in [0.1, 0.15) is 11.5 Å². The first-order valence-corrected chi connectivity index (χ1v) is 7.00. The Morgan fingerprint density at radius 3 is 2.78 bits per heavy atom. The topological polar surface area (TPSA) is 26.3 Å². The van der Waals surface area contributed by atoms with Crippen LogP contribution in [-0.4, -0.2) is 12.4 Å². The van der Waals surface area contributed by atoms with Gasteiger partial charge in [0.25, 0.3) is 0 Å². The number of ketones is 1. The largest absolute Gasteiger partial charge is 0.494 e. The first-order valence-electron chi connectivity index (χ1n) is 7.00. The number of rotatable bonds is 5. The molecule has 2 unspecified atom stereocenters. The van der Waals surface area contributed by atoms with Gasteiger partial charge in [-0.15, -0.1) is 0 Å². The summed E-state index contributed by atoms with van der Waals surface area (Å²) in [6.07, 6.45) is 4.99. The van der Waals surface area contributed by atoms with E-state index < -0.39 is 0 Å². The van der Waals surface area contributed by atoms with Gasteiger partial charge in [-0.25, -0.2) is 0 Å². The molecular weight excluding hydrogens is 224 g/mol. The van der Waals surface area contributed by atoms with Crippen LogP contribution in [0.2, 0.25) is 0 Å². The third-order valence-corrected chi connectivity index (χ3v) is 3.93. The number of para-hydroxylation sites is 1. The molecule has 0 heterocycles. The van der Waals surface area contributed by atoms with E-state index in [-0.39, 0.29) is 5.92 Å². The van der Waals surface area contributed by atoms with Crippen molar-refractivity contribution in [2.45, 2.75) is 39.0 Å². The highest BCUT2D eigenvalue weighted by molar-refractivity contribution is 5.81. The second kappa shape index (κ2) is 6.58. The summed E-state index contributed by atoms with van der Waals surface area (Å²) in [6.45, 7) is 2.87. The molecule has 1 aromatic carbocycles. The standard InChI is InChI=1S/C16H22O2/c1-2-13-8-9-16(17)14(12-13)10-11-18-15-6-4-3-5-7-15/h3-7,13-14H,2,8-12H2,1H3. The van der Waals surface area contributed by atoms with Gasteiger partial charge >= 0.3 is 0 Å². The van der Waals surface area contributed by atoms with E-state index in [4.69, 9.17) is 4.74 Å². The number of Topliss-reactive ketones (excluding diaryl/α,β-unsaturated/α-hetero) is 1. The fourth-order valence-electron chi connectivity index (χ4n) is 2.69. The summed E-state index contributed by atoms with van der Waals surface area (Å²) in [5.41, 5.74) is 0. The minimum atomic E-state index is 0.229. The van der Waals surface area contributed by atoms with Crippen LogP contribution in [0.1, 0.15) is 39.0 Å². The molecule has 0 aromatic heterocycles. The van der Waals surface area contributed by atoms with E-state index in [1.807, 2.05) is 30.3 Å². The molecule has 0 N–H and O–H groups in total. The highest BCUT2D eigenvalue weighted by atomic mass is 16.5. The first-order chi connectivity index (χ1) is 8.79. The van der Waals surface area contributed by atoms with Crippen LogP contribution < -0.4 is 4.74 Å². The molecule has 2 rings (SSSR count). The number of carbonyl (C=O) groups is 1. The molecule has 0 amide bonds. The van der Waals surface area contributed by atoms with Gasteiger partial charge in [0.15, 0.2) is 0 Å². The lowest BCUT2D eigenvalue weighted by Gasteiger charge is -2.27. The predicted octanol–water partition coefficient (Wildman–Crippen LogP) is 3.85. The van der Waals surface area contributed by atoms with Gasteiger partial charge < -0.3 is 4.74 Å². The fraction of sp³-hybridized carbons (Fsp3) is 0.562. The molecular formula is C16H22O2. The van der Waals surface area contributed by atoms with Gasteiger partial charge in [-0.3, -0.25) is 4.79 Å². The summed E-state index contributed by atoms with van der Waals surface area (Å²) in [5, 5.41) is 0. The highest BCUT2D eigenvalue weighted by Gasteiger charge is 2.27. The second-order valence-electron chi connectivity index (χ2n) is 5.16. The number of carbonyl (C=O) groups excluding carboxylic acids is 1. The average molecular weight is 246 g/mol. The summed E-state index contributed by atoms with van der Waals surface area (Å²) in [6, 6.07) is 9.82. The van der Waals surface area contributed by atoms with E-state index in [0.717, 1.165) is 37.4 Å². The lowest BCUT2D eigenvalue weighted by atomic mass is 9.78. The number of hydrogen-bond acceptors (Lipinski definition) is 2. The van der Waals surface area contributed by atoms with Crippen LogP contribution in [0.15, 0.2) is 30.3 Å². The molecule has 98 valence electrons. The van der Waals surface area contributed by atoms with Crippen molar-refractivity contribution in [1.82, 2.24) is 0 Å². The van der Waals surface area contributed by atoms with Crippen LogP contribution in [0.3, 0.4) is 0 Å². The first kappa shape index (κ1) is 13.1. The summed E-state index contributed by atoms with van der Waals surface area (Å²) in [5.74, 6) is 2.31. The quantitative estimate of drug-likeness (QED) is 0.788. The van der Waals surface area contributed by atoms with Crippen molar-refractivity contribution in [3.8, 4) is 5.75 Å². The van der Waals surface area contributed by atoms with E-state index in [9.17, 15) is 4.79 Å². The van der Waals surface area contributed by atoms with Crippen molar-refractivity contribution < 1.29 is 9.53 Å². The Labute approximate surface area is 109 Å². The summed E-state index contributed by atoms with van der Waals surface area (Å²) < 4.78 is 5.67. The number of ether oxygens (including phenoxy) is 1. The summed E-state index contributed by atoms with van der Waals surface area (Å²) in [7, 11) is 0. The summed E-state index contributed by atoms with van der Waals surface area (Å²) >= 11 is 0. The van der Waals surface area contributed by atoms with Gasteiger partial charge in [-0.05, 0) is 37.3 Å². The van der Waals surface area contributed by atoms with E-state index in [1.54, 1.807) is 0 Å². The molecule has 1 fully saturated rings. The zero-order valence-electron chi connectivity index (χ0n) is 11.1. The minimum absolute atomic E-state index is 0.229. The van der Waals surface area contributed by atoms with Gasteiger partial charge in [-0.2, -0.15) is 0 Å². The Hall–Kier alpha value is -1.31. The van der Waals surface area contributed by atoms with Gasteiger partial charge in [0.05, 0.1) is 6.61 Å². The highest BCUT2D eigenvalue weighted by Crippen LogP contribution is 2.30. The SMILES string of the molecule is CCC1CCC(=O)C(CCOc2ccccc2)C1. The summed E-state index contributed by atoms with van der Waals surface area (Å²) in [4.78, 5) is 11.8. The maximum absolute atomic E-state index is 11.8. The molecule has 1 aromatic rings. The molecule has 2 atom stereocenters. The molecule has 1 saturated carbocycles. The van der Waals surface area contributed by atoms with E-state index >= 15 is 0 Å². The minimum Gasteiger partial charge on any atom is -0.494 e. The molecule has 0 saturated heterocycles. The predicted molar refractivity (Wildman–Crippen MR) is 72.7 cm³/mol. The molecule has 1 aliphatic carbocycles. The average Bonchev–Trinajstić information content (AvgIpc) is 2.42. The zero-order chi connectivity index (χ0) is 12.8. The molecule has 18 heavy (non-hydrogen) atoms. The van der Waals surface area contributed by atoms with Gasteiger partial charge in [0.2, 0.25) is 0 Å². The van der Waals surface area contributed by atoms with Crippen molar-refractivity contribution >= 4 is 5.78 Å². The Bertz CT molecular complexity index is 372. The van der Waals surface area contributed by atoms with Crippen molar-refractivity contribution in [3.05, 3.63) is 30.3 Å². The number of benzene rings is 1. The lowest BCUT2D eigenvalue weighted by Crippen LogP contribution is -2.26. The molecule has 0 radical (unpaired) electrons. The van der Waals surface area contributed by atoms with Crippen LogP contribution in [-0.2, 0) is 4.79 Å². The Kier molecular flexibility index (Phi) is 4.80. The maximum atomic E-state index is 11.8. The Balaban J connectivity index is 1.77. The molecule has 2 nitrogen and oxygen atoms in total. The second-order valence-corrected chi connectivity index (χ2v) is 5.16. The fourth-order valence-corrected chi connectivity index (χ4v) is 2.69. The molecule has 2 heteroatoms. The number of hydrogen-bond donors (Lipinski definition) is 0. The van der Waals surface area contributed by atoms with Crippen LogP contribution in [0.5, 0.6) is 5.75 Å². The van der Waals surface area contributed by atoms with E-state index in [0.29, 0.717) is 12.4 Å². The molecule has 0 spiro atoms.